The maximum Gasteiger partial charge on any atom is 0.126 e. The zero-order chi connectivity index (χ0) is 14.1. The molecule has 1 unspecified atom stereocenters. The van der Waals surface area contributed by atoms with Crippen LogP contribution in [0.5, 0.6) is 0 Å². The summed E-state index contributed by atoms with van der Waals surface area (Å²) in [5, 5.41) is 3.58. The first-order valence-corrected chi connectivity index (χ1v) is 7.67. The first-order valence-electron chi connectivity index (χ1n) is 7.67. The fraction of sp³-hybridized carbons (Fsp3) is 0.647. The van der Waals surface area contributed by atoms with E-state index in [0.29, 0.717) is 6.04 Å². The first-order chi connectivity index (χ1) is 9.21. The second-order valence-corrected chi connectivity index (χ2v) is 5.36. The third-order valence-electron chi connectivity index (χ3n) is 3.88. The molecule has 1 N–H and O–H groups in total. The van der Waals surface area contributed by atoms with E-state index in [4.69, 9.17) is 0 Å². The van der Waals surface area contributed by atoms with Gasteiger partial charge in [0.15, 0.2) is 0 Å². The van der Waals surface area contributed by atoms with E-state index in [0.717, 1.165) is 37.3 Å². The van der Waals surface area contributed by atoms with Crippen molar-refractivity contribution in [1.29, 1.82) is 0 Å². The highest BCUT2D eigenvalue weighted by atomic mass is 19.1. The Hall–Kier alpha value is -0.890. The Morgan fingerprint density at radius 2 is 1.79 bits per heavy atom. The van der Waals surface area contributed by atoms with Crippen molar-refractivity contribution in [3.63, 3.8) is 0 Å². The van der Waals surface area contributed by atoms with Crippen molar-refractivity contribution in [3.8, 4) is 0 Å². The number of halogens is 1. The van der Waals surface area contributed by atoms with Gasteiger partial charge in [-0.2, -0.15) is 0 Å². The molecule has 1 nitrogen and oxygen atoms in total. The van der Waals surface area contributed by atoms with Gasteiger partial charge in [0, 0.05) is 6.04 Å². The van der Waals surface area contributed by atoms with Crippen LogP contribution in [-0.4, -0.2) is 12.6 Å². The van der Waals surface area contributed by atoms with Gasteiger partial charge in [-0.1, -0.05) is 51.8 Å². The van der Waals surface area contributed by atoms with Crippen molar-refractivity contribution in [2.75, 3.05) is 6.54 Å². The molecule has 0 aliphatic heterocycles. The Kier molecular flexibility index (Phi) is 7.73. The fourth-order valence-electron chi connectivity index (χ4n) is 2.54. The average molecular weight is 265 g/mol. The van der Waals surface area contributed by atoms with Crippen LogP contribution in [0.2, 0.25) is 0 Å². The number of hydrogen-bond acceptors (Lipinski definition) is 1. The number of rotatable bonds is 9. The lowest BCUT2D eigenvalue weighted by Crippen LogP contribution is -2.34. The summed E-state index contributed by atoms with van der Waals surface area (Å²) in [6.07, 6.45) is 5.47. The lowest BCUT2D eigenvalue weighted by molar-refractivity contribution is 0.361. The van der Waals surface area contributed by atoms with E-state index >= 15 is 0 Å². The quantitative estimate of drug-likeness (QED) is 0.690. The predicted molar refractivity (Wildman–Crippen MR) is 80.9 cm³/mol. The number of hydrogen-bond donors (Lipinski definition) is 1. The fourth-order valence-corrected chi connectivity index (χ4v) is 2.54. The van der Waals surface area contributed by atoms with Crippen molar-refractivity contribution in [3.05, 3.63) is 35.6 Å². The van der Waals surface area contributed by atoms with Gasteiger partial charge in [0.25, 0.3) is 0 Å². The summed E-state index contributed by atoms with van der Waals surface area (Å²) < 4.78 is 13.7. The Morgan fingerprint density at radius 1 is 1.11 bits per heavy atom. The van der Waals surface area contributed by atoms with Crippen molar-refractivity contribution in [2.24, 2.45) is 5.92 Å². The summed E-state index contributed by atoms with van der Waals surface area (Å²) in [6, 6.07) is 7.54. The molecule has 0 fully saturated rings. The zero-order valence-electron chi connectivity index (χ0n) is 12.6. The summed E-state index contributed by atoms with van der Waals surface area (Å²) >= 11 is 0. The second-order valence-electron chi connectivity index (χ2n) is 5.36. The molecular weight excluding hydrogens is 237 g/mol. The highest BCUT2D eigenvalue weighted by molar-refractivity contribution is 5.18. The number of benzene rings is 1. The zero-order valence-corrected chi connectivity index (χ0v) is 12.6. The van der Waals surface area contributed by atoms with Gasteiger partial charge < -0.3 is 5.32 Å². The Labute approximate surface area is 117 Å². The average Bonchev–Trinajstić information content (AvgIpc) is 2.44. The maximum absolute atomic E-state index is 13.7. The van der Waals surface area contributed by atoms with Crippen LogP contribution >= 0.6 is 0 Å². The monoisotopic (exact) mass is 265 g/mol. The normalized spacial score (nSPS) is 12.9. The molecule has 19 heavy (non-hydrogen) atoms. The van der Waals surface area contributed by atoms with E-state index < -0.39 is 0 Å². The molecule has 0 spiro atoms. The van der Waals surface area contributed by atoms with Gasteiger partial charge in [0.05, 0.1) is 0 Å². The number of nitrogens with one attached hydrogen (secondary N) is 1. The minimum Gasteiger partial charge on any atom is -0.314 e. The van der Waals surface area contributed by atoms with E-state index in [9.17, 15) is 4.39 Å². The molecule has 0 bridgehead atoms. The van der Waals surface area contributed by atoms with Crippen molar-refractivity contribution >= 4 is 0 Å². The topological polar surface area (TPSA) is 12.0 Å². The third kappa shape index (κ3) is 5.73. The minimum atomic E-state index is -0.0738. The van der Waals surface area contributed by atoms with Gasteiger partial charge in [0.1, 0.15) is 5.82 Å². The van der Waals surface area contributed by atoms with Gasteiger partial charge in [-0.25, -0.2) is 4.39 Å². The summed E-state index contributed by atoms with van der Waals surface area (Å²) in [4.78, 5) is 0. The van der Waals surface area contributed by atoms with E-state index in [-0.39, 0.29) is 5.82 Å². The van der Waals surface area contributed by atoms with Crippen molar-refractivity contribution in [1.82, 2.24) is 5.32 Å². The van der Waals surface area contributed by atoms with Crippen LogP contribution in [0, 0.1) is 11.7 Å². The molecule has 0 saturated carbocycles. The molecule has 0 aromatic heterocycles. The van der Waals surface area contributed by atoms with Crippen LogP contribution in [0.1, 0.15) is 52.0 Å². The van der Waals surface area contributed by atoms with Crippen molar-refractivity contribution in [2.45, 2.75) is 58.9 Å². The standard InChI is InChI=1S/C17H28FN/c1-4-11-19-16(12-14(5-2)6-3)13-15-9-7-8-10-17(15)18/h7-10,14,16,19H,4-6,11-13H2,1-3H3. The van der Waals surface area contributed by atoms with Gasteiger partial charge in [0.2, 0.25) is 0 Å². The van der Waals surface area contributed by atoms with Crippen LogP contribution in [0.3, 0.4) is 0 Å². The predicted octanol–water partition coefficient (Wildman–Crippen LogP) is 4.56. The summed E-state index contributed by atoms with van der Waals surface area (Å²) in [5.74, 6) is 0.663. The van der Waals surface area contributed by atoms with Gasteiger partial charge >= 0.3 is 0 Å². The minimum absolute atomic E-state index is 0.0738. The van der Waals surface area contributed by atoms with Gasteiger partial charge in [-0.3, -0.25) is 0 Å². The molecule has 0 aliphatic carbocycles. The molecule has 0 heterocycles. The smallest absolute Gasteiger partial charge is 0.126 e. The molecular formula is C17H28FN. The Balaban J connectivity index is 2.65. The molecule has 0 radical (unpaired) electrons. The molecule has 108 valence electrons. The van der Waals surface area contributed by atoms with Crippen LogP contribution in [0.4, 0.5) is 4.39 Å². The lowest BCUT2D eigenvalue weighted by Gasteiger charge is -2.23. The molecule has 0 aliphatic rings. The molecule has 0 amide bonds. The highest BCUT2D eigenvalue weighted by Crippen LogP contribution is 2.18. The highest BCUT2D eigenvalue weighted by Gasteiger charge is 2.15. The molecule has 0 saturated heterocycles. The third-order valence-corrected chi connectivity index (χ3v) is 3.88. The van der Waals surface area contributed by atoms with Crippen LogP contribution in [0.15, 0.2) is 24.3 Å². The van der Waals surface area contributed by atoms with Gasteiger partial charge in [-0.05, 0) is 43.4 Å². The summed E-state index contributed by atoms with van der Waals surface area (Å²) in [6.45, 7) is 7.67. The maximum atomic E-state index is 13.7. The Bertz CT molecular complexity index is 347. The lowest BCUT2D eigenvalue weighted by atomic mass is 9.91. The molecule has 1 aromatic rings. The van der Waals surface area contributed by atoms with E-state index in [1.165, 1.54) is 12.8 Å². The van der Waals surface area contributed by atoms with E-state index in [1.54, 1.807) is 12.1 Å². The van der Waals surface area contributed by atoms with Crippen LogP contribution in [0.25, 0.3) is 0 Å². The molecule has 1 rings (SSSR count). The Morgan fingerprint density at radius 3 is 2.37 bits per heavy atom. The second kappa shape index (κ2) is 9.08. The first kappa shape index (κ1) is 16.2. The van der Waals surface area contributed by atoms with Crippen molar-refractivity contribution < 1.29 is 4.39 Å². The SMILES string of the molecule is CCCNC(Cc1ccccc1F)CC(CC)CC. The van der Waals surface area contributed by atoms with E-state index in [2.05, 4.69) is 26.1 Å². The van der Waals surface area contributed by atoms with Crippen LogP contribution in [-0.2, 0) is 6.42 Å². The van der Waals surface area contributed by atoms with Crippen LogP contribution < -0.4 is 5.32 Å². The molecule has 2 heteroatoms. The van der Waals surface area contributed by atoms with E-state index in [1.807, 2.05) is 12.1 Å². The summed E-state index contributed by atoms with van der Waals surface area (Å²) in [7, 11) is 0. The summed E-state index contributed by atoms with van der Waals surface area (Å²) in [5.41, 5.74) is 0.835. The van der Waals surface area contributed by atoms with Gasteiger partial charge in [-0.15, -0.1) is 0 Å². The largest absolute Gasteiger partial charge is 0.314 e. The molecule has 1 atom stereocenters. The molecule has 1 aromatic carbocycles.